The van der Waals surface area contributed by atoms with Crippen molar-refractivity contribution >= 4 is 15.7 Å². The van der Waals surface area contributed by atoms with Crippen LogP contribution in [0.4, 0.5) is 18.9 Å². The molecule has 1 fully saturated rings. The number of hydrogen-bond donors (Lipinski definition) is 2. The van der Waals surface area contributed by atoms with E-state index in [0.717, 1.165) is 12.8 Å². The number of halogens is 3. The summed E-state index contributed by atoms with van der Waals surface area (Å²) in [6, 6.07) is 1.30. The lowest BCUT2D eigenvalue weighted by molar-refractivity contribution is 0.498. The fourth-order valence-electron chi connectivity index (χ4n) is 1.53. The summed E-state index contributed by atoms with van der Waals surface area (Å²) in [5, 5.41) is 2.97. The number of rotatable bonds is 6. The van der Waals surface area contributed by atoms with Crippen molar-refractivity contribution in [1.82, 2.24) is 5.32 Å². The summed E-state index contributed by atoms with van der Waals surface area (Å²) in [6.45, 7) is 0.208. The average molecular weight is 294 g/mol. The zero-order chi connectivity index (χ0) is 14.0. The van der Waals surface area contributed by atoms with Crippen molar-refractivity contribution in [1.29, 1.82) is 0 Å². The summed E-state index contributed by atoms with van der Waals surface area (Å²) in [5.41, 5.74) is -0.719. The van der Waals surface area contributed by atoms with Gasteiger partial charge in [0.25, 0.3) is 0 Å². The Hall–Kier alpha value is -1.28. The third kappa shape index (κ3) is 4.10. The quantitative estimate of drug-likeness (QED) is 0.784. The van der Waals surface area contributed by atoms with Gasteiger partial charge in [0.1, 0.15) is 5.82 Å². The molecule has 19 heavy (non-hydrogen) atoms. The Balaban J connectivity index is 2.02. The summed E-state index contributed by atoms with van der Waals surface area (Å²) >= 11 is 0. The van der Waals surface area contributed by atoms with E-state index in [1.807, 2.05) is 4.72 Å². The zero-order valence-electron chi connectivity index (χ0n) is 9.92. The van der Waals surface area contributed by atoms with Crippen molar-refractivity contribution in [3.63, 3.8) is 0 Å². The van der Waals surface area contributed by atoms with Crippen LogP contribution in [0.3, 0.4) is 0 Å². The number of sulfonamides is 1. The van der Waals surface area contributed by atoms with Gasteiger partial charge in [-0.2, -0.15) is 0 Å². The number of hydrogen-bond acceptors (Lipinski definition) is 3. The molecule has 0 amide bonds. The lowest BCUT2D eigenvalue weighted by atomic mass is 10.3. The van der Waals surface area contributed by atoms with Crippen molar-refractivity contribution < 1.29 is 21.6 Å². The molecule has 0 radical (unpaired) electrons. The first-order valence-corrected chi connectivity index (χ1v) is 7.41. The van der Waals surface area contributed by atoms with E-state index in [1.54, 1.807) is 0 Å². The molecule has 2 rings (SSSR count). The Morgan fingerprint density at radius 2 is 1.89 bits per heavy atom. The highest BCUT2D eigenvalue weighted by atomic mass is 32.2. The SMILES string of the molecule is O=S(=O)(CCNC1CC1)Nc1cc(F)cc(F)c1F. The van der Waals surface area contributed by atoms with Gasteiger partial charge < -0.3 is 5.32 Å². The van der Waals surface area contributed by atoms with Crippen LogP contribution in [-0.4, -0.2) is 26.8 Å². The predicted molar refractivity (Wildman–Crippen MR) is 64.8 cm³/mol. The van der Waals surface area contributed by atoms with Crippen LogP contribution < -0.4 is 10.0 Å². The molecule has 0 atom stereocenters. The van der Waals surface area contributed by atoms with Crippen LogP contribution in [0.1, 0.15) is 12.8 Å². The highest BCUT2D eigenvalue weighted by Crippen LogP contribution is 2.21. The zero-order valence-corrected chi connectivity index (χ0v) is 10.7. The average Bonchev–Trinajstić information content (AvgIpc) is 3.08. The summed E-state index contributed by atoms with van der Waals surface area (Å²) in [6.07, 6.45) is 2.02. The van der Waals surface area contributed by atoms with E-state index in [9.17, 15) is 21.6 Å². The van der Waals surface area contributed by atoms with Crippen molar-refractivity contribution in [3.8, 4) is 0 Å². The first-order chi connectivity index (χ1) is 8.87. The van der Waals surface area contributed by atoms with E-state index >= 15 is 0 Å². The largest absolute Gasteiger partial charge is 0.313 e. The lowest BCUT2D eigenvalue weighted by Crippen LogP contribution is -2.28. The van der Waals surface area contributed by atoms with Crippen LogP contribution in [0.2, 0.25) is 0 Å². The van der Waals surface area contributed by atoms with E-state index < -0.39 is 33.2 Å². The van der Waals surface area contributed by atoms with Crippen LogP contribution in [-0.2, 0) is 10.0 Å². The lowest BCUT2D eigenvalue weighted by Gasteiger charge is -2.09. The molecule has 0 heterocycles. The summed E-state index contributed by atoms with van der Waals surface area (Å²) in [7, 11) is -3.84. The van der Waals surface area contributed by atoms with Gasteiger partial charge in [-0.25, -0.2) is 21.6 Å². The molecular formula is C11H13F3N2O2S. The molecule has 1 aromatic rings. The number of nitrogens with one attached hydrogen (secondary N) is 2. The third-order valence-electron chi connectivity index (χ3n) is 2.64. The van der Waals surface area contributed by atoms with Crippen LogP contribution >= 0.6 is 0 Å². The van der Waals surface area contributed by atoms with Crippen LogP contribution in [0.25, 0.3) is 0 Å². The Kier molecular flexibility index (Phi) is 4.00. The van der Waals surface area contributed by atoms with Gasteiger partial charge in [-0.3, -0.25) is 4.72 Å². The second-order valence-electron chi connectivity index (χ2n) is 4.40. The molecule has 0 saturated heterocycles. The molecule has 1 saturated carbocycles. The molecule has 0 aromatic heterocycles. The highest BCUT2D eigenvalue weighted by Gasteiger charge is 2.22. The Morgan fingerprint density at radius 1 is 1.21 bits per heavy atom. The van der Waals surface area contributed by atoms with Gasteiger partial charge in [-0.15, -0.1) is 0 Å². The Labute approximate surface area is 109 Å². The van der Waals surface area contributed by atoms with Crippen molar-refractivity contribution in [3.05, 3.63) is 29.6 Å². The number of anilines is 1. The fourth-order valence-corrected chi connectivity index (χ4v) is 2.51. The van der Waals surface area contributed by atoms with Gasteiger partial charge in [0.2, 0.25) is 10.0 Å². The van der Waals surface area contributed by atoms with E-state index in [4.69, 9.17) is 0 Å². The Bertz CT molecular complexity index is 574. The normalized spacial score (nSPS) is 15.5. The van der Waals surface area contributed by atoms with Gasteiger partial charge in [-0.1, -0.05) is 0 Å². The topological polar surface area (TPSA) is 58.2 Å². The molecule has 1 aliphatic carbocycles. The number of benzene rings is 1. The van der Waals surface area contributed by atoms with Crippen LogP contribution in [0, 0.1) is 17.5 Å². The molecule has 0 unspecified atom stereocenters. The van der Waals surface area contributed by atoms with Gasteiger partial charge in [0.15, 0.2) is 11.6 Å². The summed E-state index contributed by atoms with van der Waals surface area (Å²) < 4.78 is 64.2. The standard InChI is InChI=1S/C11H13F3N2O2S/c12-7-5-9(13)11(14)10(6-7)16-19(17,18)4-3-15-8-1-2-8/h5-6,8,15-16H,1-4H2. The van der Waals surface area contributed by atoms with Gasteiger partial charge in [0.05, 0.1) is 11.4 Å². The third-order valence-corrected chi connectivity index (χ3v) is 3.91. The smallest absolute Gasteiger partial charge is 0.234 e. The molecule has 0 bridgehead atoms. The predicted octanol–water partition coefficient (Wildman–Crippen LogP) is 1.60. The molecule has 2 N–H and O–H groups in total. The minimum atomic E-state index is -3.84. The van der Waals surface area contributed by atoms with Crippen molar-refractivity contribution in [2.24, 2.45) is 0 Å². The minimum Gasteiger partial charge on any atom is -0.313 e. The molecule has 1 aromatic carbocycles. The molecule has 4 nitrogen and oxygen atoms in total. The maximum Gasteiger partial charge on any atom is 0.234 e. The molecule has 8 heteroatoms. The highest BCUT2D eigenvalue weighted by molar-refractivity contribution is 7.92. The first-order valence-electron chi connectivity index (χ1n) is 5.76. The summed E-state index contributed by atoms with van der Waals surface area (Å²) in [4.78, 5) is 0. The van der Waals surface area contributed by atoms with Crippen LogP contribution in [0.5, 0.6) is 0 Å². The maximum absolute atomic E-state index is 13.3. The molecule has 106 valence electrons. The van der Waals surface area contributed by atoms with Gasteiger partial charge in [-0.05, 0) is 12.8 Å². The van der Waals surface area contributed by atoms with E-state index in [2.05, 4.69) is 5.32 Å². The van der Waals surface area contributed by atoms with E-state index in [1.165, 1.54) is 0 Å². The first kappa shape index (κ1) is 14.1. The van der Waals surface area contributed by atoms with E-state index in [0.29, 0.717) is 18.2 Å². The second kappa shape index (κ2) is 5.38. The van der Waals surface area contributed by atoms with Crippen molar-refractivity contribution in [2.45, 2.75) is 18.9 Å². The van der Waals surface area contributed by atoms with Gasteiger partial charge >= 0.3 is 0 Å². The maximum atomic E-state index is 13.3. The minimum absolute atomic E-state index is 0.208. The fraction of sp³-hybridized carbons (Fsp3) is 0.455. The summed E-state index contributed by atoms with van der Waals surface area (Å²) in [5.74, 6) is -4.19. The monoisotopic (exact) mass is 294 g/mol. The van der Waals surface area contributed by atoms with Crippen molar-refractivity contribution in [2.75, 3.05) is 17.0 Å². The molecular weight excluding hydrogens is 281 g/mol. The second-order valence-corrected chi connectivity index (χ2v) is 6.24. The van der Waals surface area contributed by atoms with E-state index in [-0.39, 0.29) is 12.3 Å². The molecule has 0 spiro atoms. The molecule has 1 aliphatic rings. The van der Waals surface area contributed by atoms with Gasteiger partial charge in [0, 0.05) is 24.7 Å². The molecule has 0 aliphatic heterocycles. The van der Waals surface area contributed by atoms with Crippen LogP contribution in [0.15, 0.2) is 12.1 Å². The Morgan fingerprint density at radius 3 is 2.53 bits per heavy atom.